The van der Waals surface area contributed by atoms with Gasteiger partial charge in [0.05, 0.1) is 0 Å². The summed E-state index contributed by atoms with van der Waals surface area (Å²) in [6.45, 7) is 2.04. The molecule has 0 aliphatic heterocycles. The third-order valence-electron chi connectivity index (χ3n) is 2.50. The Morgan fingerprint density at radius 2 is 2.00 bits per heavy atom. The predicted octanol–water partition coefficient (Wildman–Crippen LogP) is 1.47. The van der Waals surface area contributed by atoms with Crippen LogP contribution in [0.2, 0.25) is 0 Å². The van der Waals surface area contributed by atoms with Crippen molar-refractivity contribution < 1.29 is 8.78 Å². The van der Waals surface area contributed by atoms with Crippen LogP contribution in [0.4, 0.5) is 20.4 Å². The molecule has 1 aromatic heterocycles. The van der Waals surface area contributed by atoms with Gasteiger partial charge in [-0.15, -0.1) is 0 Å². The lowest BCUT2D eigenvalue weighted by Gasteiger charge is -2.08. The molecular formula is C9H12F2N4. The zero-order valence-corrected chi connectivity index (χ0v) is 8.22. The standard InChI is InChI=1S/C9H12F2N4/c1-4-2-7(4)13-8-5(10)3-6(11)9(14-8)15-12/h3-4,7H,2,12H2,1H3,(H2,13,14,15). The first-order valence-corrected chi connectivity index (χ1v) is 4.71. The molecule has 1 saturated carbocycles. The predicted molar refractivity (Wildman–Crippen MR) is 53.2 cm³/mol. The van der Waals surface area contributed by atoms with Gasteiger partial charge in [0.2, 0.25) is 0 Å². The van der Waals surface area contributed by atoms with Crippen molar-refractivity contribution >= 4 is 11.6 Å². The second kappa shape index (κ2) is 3.62. The van der Waals surface area contributed by atoms with Gasteiger partial charge in [-0.3, -0.25) is 0 Å². The molecule has 0 radical (unpaired) electrons. The lowest BCUT2D eigenvalue weighted by molar-refractivity contribution is 0.578. The molecule has 0 saturated heterocycles. The number of nitrogens with zero attached hydrogens (tertiary/aromatic N) is 1. The molecule has 6 heteroatoms. The molecule has 0 spiro atoms. The molecule has 1 heterocycles. The monoisotopic (exact) mass is 214 g/mol. The van der Waals surface area contributed by atoms with Gasteiger partial charge in [-0.05, 0) is 12.3 Å². The Balaban J connectivity index is 2.22. The number of aromatic nitrogens is 1. The molecule has 2 atom stereocenters. The van der Waals surface area contributed by atoms with Crippen molar-refractivity contribution in [3.8, 4) is 0 Å². The SMILES string of the molecule is CC1CC1Nc1nc(NN)c(F)cc1F. The number of pyridine rings is 1. The summed E-state index contributed by atoms with van der Waals surface area (Å²) in [5.74, 6) is 3.92. The van der Waals surface area contributed by atoms with E-state index >= 15 is 0 Å². The van der Waals surface area contributed by atoms with Gasteiger partial charge in [0.25, 0.3) is 0 Å². The quantitative estimate of drug-likeness (QED) is 0.526. The topological polar surface area (TPSA) is 63.0 Å². The highest BCUT2D eigenvalue weighted by Gasteiger charge is 2.33. The Labute approximate surface area is 85.8 Å². The fraction of sp³-hybridized carbons (Fsp3) is 0.444. The Kier molecular flexibility index (Phi) is 2.44. The second-order valence-corrected chi connectivity index (χ2v) is 3.76. The minimum Gasteiger partial charge on any atom is -0.365 e. The Hall–Kier alpha value is -1.43. The van der Waals surface area contributed by atoms with Crippen molar-refractivity contribution in [1.82, 2.24) is 4.98 Å². The summed E-state index contributed by atoms with van der Waals surface area (Å²) in [5.41, 5.74) is 2.07. The molecule has 82 valence electrons. The molecule has 0 amide bonds. The van der Waals surface area contributed by atoms with Gasteiger partial charge >= 0.3 is 0 Å². The molecule has 0 bridgehead atoms. The smallest absolute Gasteiger partial charge is 0.178 e. The molecule has 4 nitrogen and oxygen atoms in total. The van der Waals surface area contributed by atoms with Crippen molar-refractivity contribution in [1.29, 1.82) is 0 Å². The number of nitrogen functional groups attached to an aromatic ring is 1. The van der Waals surface area contributed by atoms with Crippen LogP contribution in [0.5, 0.6) is 0 Å². The summed E-state index contributed by atoms with van der Waals surface area (Å²) in [6.07, 6.45) is 0.976. The Morgan fingerprint density at radius 1 is 1.40 bits per heavy atom. The number of hydrazine groups is 1. The second-order valence-electron chi connectivity index (χ2n) is 3.76. The molecule has 4 N–H and O–H groups in total. The van der Waals surface area contributed by atoms with Crippen LogP contribution >= 0.6 is 0 Å². The van der Waals surface area contributed by atoms with Crippen LogP contribution in [0.1, 0.15) is 13.3 Å². The Morgan fingerprint density at radius 3 is 2.53 bits per heavy atom. The molecule has 1 aromatic rings. The highest BCUT2D eigenvalue weighted by Crippen LogP contribution is 2.33. The summed E-state index contributed by atoms with van der Waals surface area (Å²) >= 11 is 0. The van der Waals surface area contributed by atoms with E-state index in [2.05, 4.69) is 15.7 Å². The van der Waals surface area contributed by atoms with Gasteiger partial charge in [-0.25, -0.2) is 19.6 Å². The Bertz CT molecular complexity index is 383. The molecule has 2 rings (SSSR count). The molecule has 1 aliphatic rings. The zero-order chi connectivity index (χ0) is 11.0. The maximum atomic E-state index is 13.2. The van der Waals surface area contributed by atoms with E-state index in [1.54, 1.807) is 0 Å². The van der Waals surface area contributed by atoms with Crippen molar-refractivity contribution in [2.75, 3.05) is 10.7 Å². The number of rotatable bonds is 3. The van der Waals surface area contributed by atoms with Crippen molar-refractivity contribution in [2.24, 2.45) is 11.8 Å². The van der Waals surface area contributed by atoms with Crippen molar-refractivity contribution in [3.05, 3.63) is 17.7 Å². The summed E-state index contributed by atoms with van der Waals surface area (Å²) < 4.78 is 26.2. The van der Waals surface area contributed by atoms with E-state index in [4.69, 9.17) is 5.84 Å². The number of nitrogens with one attached hydrogen (secondary N) is 2. The molecule has 0 aromatic carbocycles. The number of anilines is 2. The van der Waals surface area contributed by atoms with Gasteiger partial charge < -0.3 is 10.7 Å². The van der Waals surface area contributed by atoms with Crippen molar-refractivity contribution in [2.45, 2.75) is 19.4 Å². The maximum absolute atomic E-state index is 13.2. The average molecular weight is 214 g/mol. The van der Waals surface area contributed by atoms with Gasteiger partial charge in [0.1, 0.15) is 0 Å². The maximum Gasteiger partial charge on any atom is 0.178 e. The summed E-state index contributed by atoms with van der Waals surface area (Å²) in [7, 11) is 0. The van der Waals surface area contributed by atoms with E-state index in [-0.39, 0.29) is 17.7 Å². The third-order valence-corrected chi connectivity index (χ3v) is 2.50. The molecule has 1 aliphatic carbocycles. The zero-order valence-electron chi connectivity index (χ0n) is 8.22. The summed E-state index contributed by atoms with van der Waals surface area (Å²) in [5, 5.41) is 2.89. The van der Waals surface area contributed by atoms with Crippen LogP contribution in [-0.2, 0) is 0 Å². The normalized spacial score (nSPS) is 23.7. The van der Waals surface area contributed by atoms with Gasteiger partial charge in [0.15, 0.2) is 23.3 Å². The van der Waals surface area contributed by atoms with Crippen LogP contribution in [0.15, 0.2) is 6.07 Å². The first kappa shape index (κ1) is 10.1. The lowest BCUT2D eigenvalue weighted by atomic mass is 10.4. The van der Waals surface area contributed by atoms with E-state index < -0.39 is 11.6 Å². The van der Waals surface area contributed by atoms with E-state index in [0.717, 1.165) is 12.5 Å². The number of halogens is 2. The van der Waals surface area contributed by atoms with Gasteiger partial charge in [-0.2, -0.15) is 0 Å². The number of hydrogen-bond acceptors (Lipinski definition) is 4. The minimum atomic E-state index is -0.801. The van der Waals surface area contributed by atoms with Crippen LogP contribution < -0.4 is 16.6 Å². The number of nitrogens with two attached hydrogens (primary N) is 1. The van der Waals surface area contributed by atoms with Crippen LogP contribution in [0.3, 0.4) is 0 Å². The highest BCUT2D eigenvalue weighted by molar-refractivity contribution is 5.48. The van der Waals surface area contributed by atoms with Crippen molar-refractivity contribution in [3.63, 3.8) is 0 Å². The molecule has 1 fully saturated rings. The molecule has 2 unspecified atom stereocenters. The van der Waals surface area contributed by atoms with E-state index in [9.17, 15) is 8.78 Å². The van der Waals surface area contributed by atoms with E-state index in [1.807, 2.05) is 6.92 Å². The summed E-state index contributed by atoms with van der Waals surface area (Å²) in [4.78, 5) is 3.71. The van der Waals surface area contributed by atoms with Gasteiger partial charge in [-0.1, -0.05) is 6.92 Å². The fourth-order valence-electron chi connectivity index (χ4n) is 1.37. The summed E-state index contributed by atoms with van der Waals surface area (Å²) in [6, 6.07) is 0.987. The molecular weight excluding hydrogens is 202 g/mol. The first-order chi connectivity index (χ1) is 7.11. The van der Waals surface area contributed by atoms with Gasteiger partial charge in [0, 0.05) is 12.1 Å². The average Bonchev–Trinajstić information content (AvgIpc) is 2.87. The van der Waals surface area contributed by atoms with E-state index in [0.29, 0.717) is 5.92 Å². The minimum absolute atomic E-state index is 0.0405. The third kappa shape index (κ3) is 1.99. The first-order valence-electron chi connectivity index (χ1n) is 4.71. The lowest BCUT2D eigenvalue weighted by Crippen LogP contribution is -2.14. The van der Waals surface area contributed by atoms with E-state index in [1.165, 1.54) is 0 Å². The fourth-order valence-corrected chi connectivity index (χ4v) is 1.37. The number of hydrogen-bond donors (Lipinski definition) is 3. The highest BCUT2D eigenvalue weighted by atomic mass is 19.1. The van der Waals surface area contributed by atoms with Crippen LogP contribution in [-0.4, -0.2) is 11.0 Å². The molecule has 15 heavy (non-hydrogen) atoms. The van der Waals surface area contributed by atoms with Crippen LogP contribution in [0.25, 0.3) is 0 Å². The largest absolute Gasteiger partial charge is 0.365 e. The van der Waals surface area contributed by atoms with Crippen LogP contribution in [0, 0.1) is 17.6 Å².